The zero-order chi connectivity index (χ0) is 15.6. The summed E-state index contributed by atoms with van der Waals surface area (Å²) in [4.78, 5) is 13.6. The molecular formula is C14H14ClF4NO. The number of amides is 1. The largest absolute Gasteiger partial charge is 0.416 e. The van der Waals surface area contributed by atoms with Gasteiger partial charge in [-0.15, -0.1) is 11.6 Å². The smallest absolute Gasteiger partial charge is 0.339 e. The highest BCUT2D eigenvalue weighted by atomic mass is 35.5. The number of halogens is 5. The Morgan fingerprint density at radius 3 is 2.43 bits per heavy atom. The molecule has 1 aliphatic rings. The van der Waals surface area contributed by atoms with Crippen LogP contribution in [0.25, 0.3) is 0 Å². The minimum atomic E-state index is -4.60. The number of carbonyl (C=O) groups is 1. The zero-order valence-corrected chi connectivity index (χ0v) is 11.8. The second kappa shape index (κ2) is 6.22. The van der Waals surface area contributed by atoms with Crippen LogP contribution in [-0.2, 0) is 6.18 Å². The van der Waals surface area contributed by atoms with Crippen molar-refractivity contribution in [2.45, 2.75) is 19.0 Å². The monoisotopic (exact) mass is 323 g/mol. The Morgan fingerprint density at radius 1 is 1.29 bits per heavy atom. The second-order valence-corrected chi connectivity index (χ2v) is 5.39. The molecule has 1 aliphatic heterocycles. The van der Waals surface area contributed by atoms with Gasteiger partial charge in [0.15, 0.2) is 0 Å². The van der Waals surface area contributed by atoms with Crippen LogP contribution in [0, 0.1) is 11.7 Å². The summed E-state index contributed by atoms with van der Waals surface area (Å²) in [5.74, 6) is -0.860. The van der Waals surface area contributed by atoms with Gasteiger partial charge in [-0.3, -0.25) is 4.79 Å². The molecular weight excluding hydrogens is 310 g/mol. The first kappa shape index (κ1) is 16.1. The van der Waals surface area contributed by atoms with Crippen LogP contribution in [-0.4, -0.2) is 29.8 Å². The Balaban J connectivity index is 2.19. The van der Waals surface area contributed by atoms with Gasteiger partial charge >= 0.3 is 6.18 Å². The van der Waals surface area contributed by atoms with Gasteiger partial charge in [0, 0.05) is 19.0 Å². The van der Waals surface area contributed by atoms with E-state index in [1.807, 2.05) is 0 Å². The van der Waals surface area contributed by atoms with Crippen molar-refractivity contribution < 1.29 is 22.4 Å². The Bertz CT molecular complexity index is 524. The standard InChI is InChI=1S/C14H14ClF4NO/c15-8-9-3-5-20(6-4-9)13(21)11-7-10(14(17,18)19)1-2-12(11)16/h1-2,7,9H,3-6,8H2. The molecule has 2 nitrogen and oxygen atoms in total. The predicted molar refractivity (Wildman–Crippen MR) is 70.7 cm³/mol. The van der Waals surface area contributed by atoms with Crippen LogP contribution in [0.4, 0.5) is 17.6 Å². The Hall–Kier alpha value is -1.30. The van der Waals surface area contributed by atoms with Gasteiger partial charge in [0.25, 0.3) is 5.91 Å². The fraction of sp³-hybridized carbons (Fsp3) is 0.500. The third-order valence-corrected chi connectivity index (χ3v) is 4.08. The van der Waals surface area contributed by atoms with Gasteiger partial charge in [0.05, 0.1) is 11.1 Å². The molecule has 1 saturated heterocycles. The third-order valence-electron chi connectivity index (χ3n) is 3.64. The molecule has 2 rings (SSSR count). The first-order valence-electron chi connectivity index (χ1n) is 6.55. The highest BCUT2D eigenvalue weighted by molar-refractivity contribution is 6.18. The van der Waals surface area contributed by atoms with Crippen LogP contribution in [0.5, 0.6) is 0 Å². The third kappa shape index (κ3) is 3.67. The molecule has 0 saturated carbocycles. The maximum Gasteiger partial charge on any atom is 0.416 e. The molecule has 1 aromatic rings. The minimum Gasteiger partial charge on any atom is -0.339 e. The average Bonchev–Trinajstić information content (AvgIpc) is 2.46. The van der Waals surface area contributed by atoms with Crippen LogP contribution in [0.15, 0.2) is 18.2 Å². The molecule has 0 radical (unpaired) electrons. The summed E-state index contributed by atoms with van der Waals surface area (Å²) in [6, 6.07) is 1.89. The van der Waals surface area contributed by atoms with Gasteiger partial charge in [-0.05, 0) is 37.0 Å². The first-order valence-corrected chi connectivity index (χ1v) is 7.08. The molecule has 116 valence electrons. The van der Waals surface area contributed by atoms with Crippen molar-refractivity contribution in [2.24, 2.45) is 5.92 Å². The van der Waals surface area contributed by atoms with Gasteiger partial charge < -0.3 is 4.90 Å². The Morgan fingerprint density at radius 2 is 1.90 bits per heavy atom. The summed E-state index contributed by atoms with van der Waals surface area (Å²) >= 11 is 5.73. The van der Waals surface area contributed by atoms with E-state index in [0.29, 0.717) is 55.9 Å². The van der Waals surface area contributed by atoms with Crippen LogP contribution in [0.2, 0.25) is 0 Å². The van der Waals surface area contributed by atoms with E-state index in [9.17, 15) is 22.4 Å². The molecule has 0 bridgehead atoms. The van der Waals surface area contributed by atoms with Gasteiger partial charge in [0.2, 0.25) is 0 Å². The molecule has 0 N–H and O–H groups in total. The number of hydrogen-bond donors (Lipinski definition) is 0. The summed E-state index contributed by atoms with van der Waals surface area (Å²) in [5.41, 5.74) is -1.56. The molecule has 0 spiro atoms. The summed E-state index contributed by atoms with van der Waals surface area (Å²) in [5, 5.41) is 0. The number of hydrogen-bond acceptors (Lipinski definition) is 1. The number of benzene rings is 1. The highest BCUT2D eigenvalue weighted by Crippen LogP contribution is 2.31. The second-order valence-electron chi connectivity index (χ2n) is 5.08. The van der Waals surface area contributed by atoms with Crippen molar-refractivity contribution in [1.82, 2.24) is 4.90 Å². The fourth-order valence-electron chi connectivity index (χ4n) is 2.33. The van der Waals surface area contributed by atoms with E-state index < -0.39 is 29.0 Å². The van der Waals surface area contributed by atoms with Crippen LogP contribution in [0.1, 0.15) is 28.8 Å². The molecule has 7 heteroatoms. The number of likely N-dealkylation sites (tertiary alicyclic amines) is 1. The lowest BCUT2D eigenvalue weighted by atomic mass is 9.98. The summed E-state index contributed by atoms with van der Waals surface area (Å²) in [6.45, 7) is 0.762. The summed E-state index contributed by atoms with van der Waals surface area (Å²) in [7, 11) is 0. The number of alkyl halides is 4. The molecule has 0 unspecified atom stereocenters. The average molecular weight is 324 g/mol. The predicted octanol–water partition coefficient (Wildman–Crippen LogP) is 3.94. The molecule has 0 aliphatic carbocycles. The van der Waals surface area contributed by atoms with Crippen LogP contribution >= 0.6 is 11.6 Å². The van der Waals surface area contributed by atoms with Crippen molar-refractivity contribution in [3.05, 3.63) is 35.1 Å². The van der Waals surface area contributed by atoms with Gasteiger partial charge in [0.1, 0.15) is 5.82 Å². The van der Waals surface area contributed by atoms with Crippen molar-refractivity contribution in [3.8, 4) is 0 Å². The van der Waals surface area contributed by atoms with E-state index in [0.717, 1.165) is 0 Å². The molecule has 1 aromatic carbocycles. The maximum absolute atomic E-state index is 13.7. The normalized spacial score (nSPS) is 17.1. The molecule has 0 aromatic heterocycles. The summed E-state index contributed by atoms with van der Waals surface area (Å²) in [6.07, 6.45) is -3.25. The van der Waals surface area contributed by atoms with E-state index in [4.69, 9.17) is 11.6 Å². The maximum atomic E-state index is 13.7. The molecule has 1 amide bonds. The fourth-order valence-corrected chi connectivity index (χ4v) is 2.63. The van der Waals surface area contributed by atoms with Crippen molar-refractivity contribution in [2.75, 3.05) is 19.0 Å². The lowest BCUT2D eigenvalue weighted by Gasteiger charge is -2.31. The topological polar surface area (TPSA) is 20.3 Å². The van der Waals surface area contributed by atoms with Gasteiger partial charge in [-0.2, -0.15) is 13.2 Å². The number of piperidine rings is 1. The van der Waals surface area contributed by atoms with E-state index in [-0.39, 0.29) is 0 Å². The van der Waals surface area contributed by atoms with E-state index >= 15 is 0 Å². The Kier molecular flexibility index (Phi) is 4.76. The van der Waals surface area contributed by atoms with Crippen molar-refractivity contribution in [1.29, 1.82) is 0 Å². The summed E-state index contributed by atoms with van der Waals surface area (Å²) < 4.78 is 51.6. The quantitative estimate of drug-likeness (QED) is 0.596. The van der Waals surface area contributed by atoms with Crippen LogP contribution < -0.4 is 0 Å². The number of carbonyl (C=O) groups excluding carboxylic acids is 1. The SMILES string of the molecule is O=C(c1cc(C(F)(F)F)ccc1F)N1CCC(CCl)CC1. The number of nitrogens with zero attached hydrogens (tertiary/aromatic N) is 1. The van der Waals surface area contributed by atoms with Gasteiger partial charge in [-0.1, -0.05) is 0 Å². The number of rotatable bonds is 2. The molecule has 0 atom stereocenters. The van der Waals surface area contributed by atoms with E-state index in [1.165, 1.54) is 4.90 Å². The first-order chi connectivity index (χ1) is 9.82. The van der Waals surface area contributed by atoms with Crippen LogP contribution in [0.3, 0.4) is 0 Å². The van der Waals surface area contributed by atoms with Crippen molar-refractivity contribution in [3.63, 3.8) is 0 Å². The lowest BCUT2D eigenvalue weighted by molar-refractivity contribution is -0.137. The highest BCUT2D eigenvalue weighted by Gasteiger charge is 2.33. The minimum absolute atomic E-state index is 0.294. The van der Waals surface area contributed by atoms with E-state index in [2.05, 4.69) is 0 Å². The van der Waals surface area contributed by atoms with E-state index in [1.54, 1.807) is 0 Å². The molecule has 1 heterocycles. The lowest BCUT2D eigenvalue weighted by Crippen LogP contribution is -2.39. The van der Waals surface area contributed by atoms with Crippen molar-refractivity contribution >= 4 is 17.5 Å². The van der Waals surface area contributed by atoms with Gasteiger partial charge in [-0.25, -0.2) is 4.39 Å². The zero-order valence-electron chi connectivity index (χ0n) is 11.1. The molecule has 21 heavy (non-hydrogen) atoms. The Labute approximate surface area is 124 Å². The molecule has 1 fully saturated rings.